The average Bonchev–Trinajstić information content (AvgIpc) is 3.26. The Labute approximate surface area is 191 Å². The lowest BCUT2D eigenvalue weighted by Crippen LogP contribution is -2.49. The van der Waals surface area contributed by atoms with Gasteiger partial charge in [-0.05, 0) is 36.6 Å². The summed E-state index contributed by atoms with van der Waals surface area (Å²) in [6.45, 7) is 6.18. The Kier molecular flexibility index (Phi) is 7.43. The third-order valence-corrected chi connectivity index (χ3v) is 7.26. The number of aryl methyl sites for hydroxylation is 1. The van der Waals surface area contributed by atoms with E-state index < -0.39 is 0 Å². The van der Waals surface area contributed by atoms with Crippen molar-refractivity contribution in [1.82, 2.24) is 15.1 Å². The maximum absolute atomic E-state index is 12.6. The number of aromatic nitrogens is 2. The number of amides is 1. The van der Waals surface area contributed by atoms with Crippen LogP contribution >= 0.6 is 23.1 Å². The Morgan fingerprint density at radius 1 is 1.06 bits per heavy atom. The Hall–Kier alpha value is -2.58. The Bertz CT molecular complexity index is 986. The fourth-order valence-corrected chi connectivity index (χ4v) is 5.23. The molecular weight excluding hydrogens is 426 g/mol. The van der Waals surface area contributed by atoms with E-state index in [1.165, 1.54) is 39.9 Å². The van der Waals surface area contributed by atoms with Gasteiger partial charge in [-0.3, -0.25) is 4.79 Å². The maximum Gasteiger partial charge on any atom is 0.233 e. The number of anilines is 2. The molecule has 31 heavy (non-hydrogen) atoms. The smallest absolute Gasteiger partial charge is 0.233 e. The van der Waals surface area contributed by atoms with E-state index in [1.54, 1.807) is 0 Å². The van der Waals surface area contributed by atoms with Gasteiger partial charge >= 0.3 is 0 Å². The highest BCUT2D eigenvalue weighted by Crippen LogP contribution is 2.26. The van der Waals surface area contributed by atoms with Gasteiger partial charge in [0.2, 0.25) is 11.0 Å². The molecule has 1 aliphatic heterocycles. The lowest BCUT2D eigenvalue weighted by atomic mass is 10.2. The number of carbonyl (C=O) groups excluding carboxylic acids is 1. The van der Waals surface area contributed by atoms with Gasteiger partial charge in [-0.1, -0.05) is 65.6 Å². The van der Waals surface area contributed by atoms with E-state index in [0.717, 1.165) is 48.6 Å². The van der Waals surface area contributed by atoms with Crippen LogP contribution < -0.4 is 10.2 Å². The second-order valence-electron chi connectivity index (χ2n) is 7.53. The summed E-state index contributed by atoms with van der Waals surface area (Å²) in [4.78, 5) is 16.9. The van der Waals surface area contributed by atoms with Gasteiger partial charge in [0.1, 0.15) is 0 Å². The van der Waals surface area contributed by atoms with Gasteiger partial charge in [-0.25, -0.2) is 0 Å². The molecule has 0 spiro atoms. The molecule has 1 N–H and O–H groups in total. The molecule has 6 nitrogen and oxygen atoms in total. The minimum Gasteiger partial charge on any atom is -0.368 e. The Balaban J connectivity index is 1.18. The van der Waals surface area contributed by atoms with E-state index in [1.807, 2.05) is 11.0 Å². The van der Waals surface area contributed by atoms with Gasteiger partial charge in [0.05, 0.1) is 5.75 Å². The summed E-state index contributed by atoms with van der Waals surface area (Å²) in [5.74, 6) is 0.575. The zero-order valence-corrected chi connectivity index (χ0v) is 19.3. The van der Waals surface area contributed by atoms with E-state index >= 15 is 0 Å². The molecule has 1 aromatic heterocycles. The van der Waals surface area contributed by atoms with Crippen molar-refractivity contribution < 1.29 is 4.79 Å². The van der Waals surface area contributed by atoms with Crippen LogP contribution in [0.15, 0.2) is 58.9 Å². The number of thioether (sulfide) groups is 1. The van der Waals surface area contributed by atoms with E-state index in [4.69, 9.17) is 0 Å². The van der Waals surface area contributed by atoms with E-state index in [2.05, 4.69) is 75.9 Å². The molecular formula is C23H27N5OS2. The summed E-state index contributed by atoms with van der Waals surface area (Å²) in [5.41, 5.74) is 3.79. The number of nitrogens with one attached hydrogen (secondary N) is 1. The number of rotatable bonds is 8. The second-order valence-corrected chi connectivity index (χ2v) is 9.73. The molecule has 0 aliphatic carbocycles. The first kappa shape index (κ1) is 21.6. The number of piperazine rings is 1. The van der Waals surface area contributed by atoms with Gasteiger partial charge in [-0.15, -0.1) is 10.2 Å². The lowest BCUT2D eigenvalue weighted by molar-refractivity contribution is -0.128. The fourth-order valence-electron chi connectivity index (χ4n) is 3.55. The number of nitrogens with zero attached hydrogens (tertiary/aromatic N) is 4. The van der Waals surface area contributed by atoms with Gasteiger partial charge in [-0.2, -0.15) is 0 Å². The maximum atomic E-state index is 12.6. The average molecular weight is 454 g/mol. The first-order chi connectivity index (χ1) is 15.2. The van der Waals surface area contributed by atoms with Crippen LogP contribution in [-0.2, 0) is 11.2 Å². The SMILES string of the molecule is Cc1cccc(N2CCN(C(=O)CSc3nnc(NCCc4ccccc4)s3)CC2)c1. The van der Waals surface area contributed by atoms with Gasteiger partial charge < -0.3 is 15.1 Å². The number of benzene rings is 2. The highest BCUT2D eigenvalue weighted by molar-refractivity contribution is 8.01. The molecule has 0 unspecified atom stereocenters. The molecule has 8 heteroatoms. The fraction of sp³-hybridized carbons (Fsp3) is 0.348. The Morgan fingerprint density at radius 2 is 1.87 bits per heavy atom. The molecule has 0 atom stereocenters. The van der Waals surface area contributed by atoms with Crippen molar-refractivity contribution in [2.75, 3.05) is 48.7 Å². The first-order valence-electron chi connectivity index (χ1n) is 10.5. The van der Waals surface area contributed by atoms with Crippen LogP contribution in [0.2, 0.25) is 0 Å². The van der Waals surface area contributed by atoms with Crippen LogP contribution in [0.4, 0.5) is 10.8 Å². The zero-order chi connectivity index (χ0) is 21.5. The quantitative estimate of drug-likeness (QED) is 0.521. The van der Waals surface area contributed by atoms with E-state index in [9.17, 15) is 4.79 Å². The van der Waals surface area contributed by atoms with Crippen LogP contribution in [0.3, 0.4) is 0 Å². The third kappa shape index (κ3) is 6.21. The van der Waals surface area contributed by atoms with Crippen molar-refractivity contribution >= 4 is 39.8 Å². The number of hydrogen-bond acceptors (Lipinski definition) is 7. The molecule has 4 rings (SSSR count). The molecule has 1 fully saturated rings. The van der Waals surface area contributed by atoms with Crippen LogP contribution in [0.5, 0.6) is 0 Å². The lowest BCUT2D eigenvalue weighted by Gasteiger charge is -2.36. The normalized spacial score (nSPS) is 14.0. The van der Waals surface area contributed by atoms with Crippen LogP contribution in [0.25, 0.3) is 0 Å². The zero-order valence-electron chi connectivity index (χ0n) is 17.7. The highest BCUT2D eigenvalue weighted by Gasteiger charge is 2.21. The standard InChI is InChI=1S/C23H27N5OS2/c1-18-6-5-9-20(16-18)27-12-14-28(15-13-27)21(29)17-30-23-26-25-22(31-23)24-11-10-19-7-3-2-4-8-19/h2-9,16H,10-15,17H2,1H3,(H,24,25). The van der Waals surface area contributed by atoms with Crippen LogP contribution in [-0.4, -0.2) is 59.5 Å². The van der Waals surface area contributed by atoms with Crippen molar-refractivity contribution in [3.05, 3.63) is 65.7 Å². The summed E-state index contributed by atoms with van der Waals surface area (Å²) >= 11 is 2.98. The van der Waals surface area contributed by atoms with Gasteiger partial charge in [0, 0.05) is 38.4 Å². The van der Waals surface area contributed by atoms with Gasteiger partial charge in [0.25, 0.3) is 0 Å². The first-order valence-corrected chi connectivity index (χ1v) is 12.3. The van der Waals surface area contributed by atoms with Crippen molar-refractivity contribution in [3.8, 4) is 0 Å². The topological polar surface area (TPSA) is 61.4 Å². The minimum atomic E-state index is 0.169. The number of carbonyl (C=O) groups is 1. The third-order valence-electron chi connectivity index (χ3n) is 5.26. The molecule has 3 aromatic rings. The van der Waals surface area contributed by atoms with Crippen LogP contribution in [0.1, 0.15) is 11.1 Å². The second kappa shape index (κ2) is 10.6. The summed E-state index contributed by atoms with van der Waals surface area (Å²) in [6.07, 6.45) is 0.940. The summed E-state index contributed by atoms with van der Waals surface area (Å²) in [7, 11) is 0. The van der Waals surface area contributed by atoms with Crippen LogP contribution in [0, 0.1) is 6.92 Å². The molecule has 1 saturated heterocycles. The summed E-state index contributed by atoms with van der Waals surface area (Å²) in [5, 5.41) is 12.5. The van der Waals surface area contributed by atoms with E-state index in [-0.39, 0.29) is 5.91 Å². The monoisotopic (exact) mass is 453 g/mol. The molecule has 1 aliphatic rings. The van der Waals surface area contributed by atoms with Crippen molar-refractivity contribution in [1.29, 1.82) is 0 Å². The molecule has 0 radical (unpaired) electrons. The molecule has 0 bridgehead atoms. The van der Waals surface area contributed by atoms with Crippen molar-refractivity contribution in [3.63, 3.8) is 0 Å². The molecule has 162 valence electrons. The minimum absolute atomic E-state index is 0.169. The van der Waals surface area contributed by atoms with Crippen molar-refractivity contribution in [2.45, 2.75) is 17.7 Å². The predicted octanol–water partition coefficient (Wildman–Crippen LogP) is 3.94. The molecule has 1 amide bonds. The van der Waals surface area contributed by atoms with Crippen molar-refractivity contribution in [2.24, 2.45) is 0 Å². The Morgan fingerprint density at radius 3 is 2.65 bits per heavy atom. The molecule has 2 aromatic carbocycles. The highest BCUT2D eigenvalue weighted by atomic mass is 32.2. The molecule has 0 saturated carbocycles. The largest absolute Gasteiger partial charge is 0.368 e. The summed E-state index contributed by atoms with van der Waals surface area (Å²) in [6, 6.07) is 18.9. The predicted molar refractivity (Wildman–Crippen MR) is 129 cm³/mol. The van der Waals surface area contributed by atoms with Gasteiger partial charge in [0.15, 0.2) is 4.34 Å². The summed E-state index contributed by atoms with van der Waals surface area (Å²) < 4.78 is 0.828. The molecule has 2 heterocycles. The van der Waals surface area contributed by atoms with E-state index in [0.29, 0.717) is 5.75 Å². The number of hydrogen-bond donors (Lipinski definition) is 1.